The molecule has 1 N–H and O–H groups in total. The fraction of sp³-hybridized carbons (Fsp3) is 0.409. The fourth-order valence-corrected chi connectivity index (χ4v) is 4.84. The molecule has 1 amide bonds. The maximum atomic E-state index is 12.7. The lowest BCUT2D eigenvalue weighted by Gasteiger charge is -2.27. The Labute approximate surface area is 175 Å². The summed E-state index contributed by atoms with van der Waals surface area (Å²) in [5.41, 5.74) is 4.44. The fourth-order valence-electron chi connectivity index (χ4n) is 3.72. The van der Waals surface area contributed by atoms with Gasteiger partial charge in [-0.3, -0.25) is 14.7 Å². The molecule has 1 aliphatic rings. The first-order chi connectivity index (χ1) is 14.1. The van der Waals surface area contributed by atoms with Gasteiger partial charge in [0.15, 0.2) is 0 Å². The van der Waals surface area contributed by atoms with Crippen molar-refractivity contribution in [2.24, 2.45) is 0 Å². The molecule has 0 bridgehead atoms. The van der Waals surface area contributed by atoms with Crippen molar-refractivity contribution in [3.63, 3.8) is 0 Å². The zero-order chi connectivity index (χ0) is 20.2. The molecule has 0 unspecified atom stereocenters. The Morgan fingerprint density at radius 3 is 2.93 bits per heavy atom. The number of fused-ring (bicyclic) bond motifs is 1. The molecule has 152 valence electrons. The summed E-state index contributed by atoms with van der Waals surface area (Å²) < 4.78 is 2.04. The molecule has 0 saturated carbocycles. The number of aromatic nitrogens is 3. The van der Waals surface area contributed by atoms with Gasteiger partial charge in [0.1, 0.15) is 5.82 Å². The van der Waals surface area contributed by atoms with Crippen LogP contribution in [-0.4, -0.2) is 38.4 Å². The van der Waals surface area contributed by atoms with E-state index in [-0.39, 0.29) is 5.91 Å². The Balaban J connectivity index is 1.33. The molecular formula is C22H27N5OS. The average molecular weight is 410 g/mol. The molecule has 0 fully saturated rings. The number of amides is 1. The number of rotatable bonds is 7. The summed E-state index contributed by atoms with van der Waals surface area (Å²) in [6.07, 6.45) is 7.63. The minimum absolute atomic E-state index is 0.0329. The molecule has 0 saturated heterocycles. The summed E-state index contributed by atoms with van der Waals surface area (Å²) in [4.78, 5) is 25.2. The summed E-state index contributed by atoms with van der Waals surface area (Å²) in [5, 5.41) is 5.07. The van der Waals surface area contributed by atoms with Gasteiger partial charge in [0.05, 0.1) is 11.3 Å². The van der Waals surface area contributed by atoms with Gasteiger partial charge in [0, 0.05) is 61.6 Å². The van der Waals surface area contributed by atoms with E-state index < -0.39 is 0 Å². The molecule has 7 heteroatoms. The second kappa shape index (κ2) is 8.88. The van der Waals surface area contributed by atoms with Crippen LogP contribution in [0.1, 0.15) is 44.8 Å². The van der Waals surface area contributed by atoms with E-state index >= 15 is 0 Å². The van der Waals surface area contributed by atoms with Gasteiger partial charge in [-0.25, -0.2) is 4.98 Å². The van der Waals surface area contributed by atoms with Crippen LogP contribution < -0.4 is 5.32 Å². The highest BCUT2D eigenvalue weighted by molar-refractivity contribution is 7.10. The number of aryl methyl sites for hydroxylation is 2. The minimum atomic E-state index is 0.0329. The Bertz CT molecular complexity index is 976. The number of carbonyl (C=O) groups excluding carboxylic acids is 1. The topological polar surface area (TPSA) is 63.1 Å². The summed E-state index contributed by atoms with van der Waals surface area (Å²) in [6, 6.07) is 4.29. The highest BCUT2D eigenvalue weighted by Gasteiger charge is 2.24. The van der Waals surface area contributed by atoms with Crippen LogP contribution >= 0.6 is 11.3 Å². The molecule has 0 spiro atoms. The standard InChI is InChI=1S/C22H27N5OS/c1-3-17-4-5-18(25-12-17)13-26-9-6-19-20(15-29-21(19)14-26)22(28)24-8-11-27-10-7-23-16(27)2/h4-5,7,10,12,15H,3,6,8-9,11,13-14H2,1-2H3,(H,24,28). The van der Waals surface area contributed by atoms with Gasteiger partial charge < -0.3 is 9.88 Å². The van der Waals surface area contributed by atoms with E-state index in [1.165, 1.54) is 16.0 Å². The van der Waals surface area contributed by atoms with E-state index in [2.05, 4.69) is 39.2 Å². The zero-order valence-electron chi connectivity index (χ0n) is 17.0. The van der Waals surface area contributed by atoms with Crippen molar-refractivity contribution in [2.45, 2.75) is 46.3 Å². The first kappa shape index (κ1) is 19.8. The van der Waals surface area contributed by atoms with Gasteiger partial charge in [-0.15, -0.1) is 11.3 Å². The molecule has 3 aromatic rings. The van der Waals surface area contributed by atoms with Crippen LogP contribution in [0.2, 0.25) is 0 Å². The van der Waals surface area contributed by atoms with E-state index in [9.17, 15) is 4.79 Å². The molecular weight excluding hydrogens is 382 g/mol. The predicted molar refractivity (Wildman–Crippen MR) is 115 cm³/mol. The van der Waals surface area contributed by atoms with Gasteiger partial charge in [0.25, 0.3) is 5.91 Å². The van der Waals surface area contributed by atoms with Crippen molar-refractivity contribution in [3.8, 4) is 0 Å². The normalized spacial score (nSPS) is 14.0. The maximum absolute atomic E-state index is 12.7. The Hall–Kier alpha value is -2.51. The van der Waals surface area contributed by atoms with Crippen LogP contribution in [0.15, 0.2) is 36.1 Å². The van der Waals surface area contributed by atoms with Crippen LogP contribution in [0.4, 0.5) is 0 Å². The Morgan fingerprint density at radius 2 is 2.21 bits per heavy atom. The lowest BCUT2D eigenvalue weighted by Crippen LogP contribution is -2.32. The third-order valence-corrected chi connectivity index (χ3v) is 6.53. The van der Waals surface area contributed by atoms with Gasteiger partial charge in [0.2, 0.25) is 0 Å². The number of pyridine rings is 1. The molecule has 1 aliphatic heterocycles. The van der Waals surface area contributed by atoms with Crippen molar-refractivity contribution in [1.82, 2.24) is 24.8 Å². The lowest BCUT2D eigenvalue weighted by molar-refractivity contribution is 0.0951. The van der Waals surface area contributed by atoms with Crippen molar-refractivity contribution >= 4 is 17.2 Å². The number of nitrogens with zero attached hydrogens (tertiary/aromatic N) is 4. The Morgan fingerprint density at radius 1 is 1.31 bits per heavy atom. The lowest BCUT2D eigenvalue weighted by atomic mass is 10.0. The predicted octanol–water partition coefficient (Wildman–Crippen LogP) is 3.20. The van der Waals surface area contributed by atoms with Gasteiger partial charge in [-0.2, -0.15) is 0 Å². The third-order valence-electron chi connectivity index (χ3n) is 5.51. The number of nitrogens with one attached hydrogen (secondary N) is 1. The number of thiophene rings is 1. The van der Waals surface area contributed by atoms with E-state index in [0.29, 0.717) is 6.54 Å². The molecule has 4 heterocycles. The summed E-state index contributed by atoms with van der Waals surface area (Å²) in [5.74, 6) is 0.997. The third kappa shape index (κ3) is 4.57. The van der Waals surface area contributed by atoms with Gasteiger partial charge in [-0.1, -0.05) is 13.0 Å². The number of carbonyl (C=O) groups is 1. The highest BCUT2D eigenvalue weighted by Crippen LogP contribution is 2.29. The van der Waals surface area contributed by atoms with Gasteiger partial charge in [-0.05, 0) is 37.0 Å². The second-order valence-electron chi connectivity index (χ2n) is 7.45. The SMILES string of the molecule is CCc1ccc(CN2CCc3c(C(=O)NCCn4ccnc4C)csc3C2)nc1. The Kier molecular flexibility index (Phi) is 6.06. The van der Waals surface area contributed by atoms with E-state index in [1.807, 2.05) is 29.3 Å². The number of hydrogen-bond acceptors (Lipinski definition) is 5. The van der Waals surface area contributed by atoms with Crippen molar-refractivity contribution < 1.29 is 4.79 Å². The van der Waals surface area contributed by atoms with Crippen molar-refractivity contribution in [2.75, 3.05) is 13.1 Å². The van der Waals surface area contributed by atoms with Crippen LogP contribution in [-0.2, 0) is 32.5 Å². The zero-order valence-corrected chi connectivity index (χ0v) is 17.8. The molecule has 0 aromatic carbocycles. The van der Waals surface area contributed by atoms with E-state index in [1.54, 1.807) is 17.5 Å². The van der Waals surface area contributed by atoms with Crippen LogP contribution in [0.5, 0.6) is 0 Å². The van der Waals surface area contributed by atoms with E-state index in [4.69, 9.17) is 0 Å². The first-order valence-corrected chi connectivity index (χ1v) is 11.0. The maximum Gasteiger partial charge on any atom is 0.252 e. The summed E-state index contributed by atoms with van der Waals surface area (Å²) in [7, 11) is 0. The molecule has 6 nitrogen and oxygen atoms in total. The number of hydrogen-bond donors (Lipinski definition) is 1. The highest BCUT2D eigenvalue weighted by atomic mass is 32.1. The molecule has 3 aromatic heterocycles. The molecule has 0 aliphatic carbocycles. The summed E-state index contributed by atoms with van der Waals surface area (Å²) in [6.45, 7) is 8.15. The second-order valence-corrected chi connectivity index (χ2v) is 8.41. The monoisotopic (exact) mass is 409 g/mol. The van der Waals surface area contributed by atoms with Gasteiger partial charge >= 0.3 is 0 Å². The smallest absolute Gasteiger partial charge is 0.252 e. The van der Waals surface area contributed by atoms with Crippen molar-refractivity contribution in [1.29, 1.82) is 0 Å². The number of imidazole rings is 1. The summed E-state index contributed by atoms with van der Waals surface area (Å²) >= 11 is 1.70. The molecule has 4 rings (SSSR count). The van der Waals surface area contributed by atoms with Crippen molar-refractivity contribution in [3.05, 3.63) is 69.2 Å². The first-order valence-electron chi connectivity index (χ1n) is 10.2. The molecule has 0 atom stereocenters. The van der Waals surface area contributed by atoms with Crippen LogP contribution in [0.3, 0.4) is 0 Å². The van der Waals surface area contributed by atoms with Crippen LogP contribution in [0, 0.1) is 6.92 Å². The largest absolute Gasteiger partial charge is 0.350 e. The molecule has 29 heavy (non-hydrogen) atoms. The average Bonchev–Trinajstić information content (AvgIpc) is 3.34. The molecule has 0 radical (unpaired) electrons. The van der Waals surface area contributed by atoms with Crippen LogP contribution in [0.25, 0.3) is 0 Å². The quantitative estimate of drug-likeness (QED) is 0.651. The minimum Gasteiger partial charge on any atom is -0.350 e. The van der Waals surface area contributed by atoms with E-state index in [0.717, 1.165) is 56.1 Å².